The number of nitrogens with zero attached hydrogens (tertiary/aromatic N) is 1. The Bertz CT molecular complexity index is 658. The first-order valence-corrected chi connectivity index (χ1v) is 9.72. The molecule has 4 aliphatic carbocycles. The predicted molar refractivity (Wildman–Crippen MR) is 101 cm³/mol. The van der Waals surface area contributed by atoms with E-state index in [0.29, 0.717) is 18.3 Å². The monoisotopic (exact) mass is 342 g/mol. The van der Waals surface area contributed by atoms with Crippen LogP contribution in [0.15, 0.2) is 24.3 Å². The molecule has 4 nitrogen and oxygen atoms in total. The molecule has 0 radical (unpaired) electrons. The number of carbonyl (C=O) groups is 1. The molecule has 1 amide bonds. The van der Waals surface area contributed by atoms with Crippen molar-refractivity contribution in [3.8, 4) is 0 Å². The number of carbonyl (C=O) groups excluding carboxylic acids is 1. The molecule has 4 bridgehead atoms. The van der Waals surface area contributed by atoms with Crippen molar-refractivity contribution in [2.45, 2.75) is 57.5 Å². The molecule has 4 fully saturated rings. The van der Waals surface area contributed by atoms with E-state index in [1.165, 1.54) is 6.42 Å². The molecule has 1 aromatic carbocycles. The first-order chi connectivity index (χ1) is 11.9. The fourth-order valence-corrected chi connectivity index (χ4v) is 6.16. The molecule has 0 spiro atoms. The third-order valence-electron chi connectivity index (χ3n) is 6.73. The molecule has 1 aromatic rings. The Morgan fingerprint density at radius 1 is 1.28 bits per heavy atom. The molecule has 0 heterocycles. The van der Waals surface area contributed by atoms with Crippen LogP contribution in [0.4, 0.5) is 11.4 Å². The van der Waals surface area contributed by atoms with E-state index in [4.69, 9.17) is 0 Å². The minimum Gasteiger partial charge on any atom is -0.390 e. The molecular weight excluding hydrogens is 312 g/mol. The molecule has 136 valence electrons. The average Bonchev–Trinajstić information content (AvgIpc) is 2.51. The summed E-state index contributed by atoms with van der Waals surface area (Å²) in [5, 5.41) is 14.0. The van der Waals surface area contributed by atoms with E-state index < -0.39 is 5.60 Å². The van der Waals surface area contributed by atoms with Crippen molar-refractivity contribution in [3.05, 3.63) is 24.3 Å². The number of aliphatic hydroxyl groups is 1. The van der Waals surface area contributed by atoms with Gasteiger partial charge in [-0.2, -0.15) is 0 Å². The van der Waals surface area contributed by atoms with Crippen LogP contribution in [0.1, 0.15) is 51.9 Å². The maximum Gasteiger partial charge on any atom is 0.224 e. The summed E-state index contributed by atoms with van der Waals surface area (Å²) in [6.45, 7) is 3.05. The number of rotatable bonds is 5. The van der Waals surface area contributed by atoms with Gasteiger partial charge in [0.2, 0.25) is 5.91 Å². The van der Waals surface area contributed by atoms with Gasteiger partial charge in [-0.25, -0.2) is 0 Å². The second kappa shape index (κ2) is 6.01. The number of benzene rings is 1. The number of hydrogen-bond acceptors (Lipinski definition) is 3. The highest BCUT2D eigenvalue weighted by atomic mass is 16.3. The molecule has 4 aliphatic rings. The average molecular weight is 342 g/mol. The topological polar surface area (TPSA) is 52.6 Å². The van der Waals surface area contributed by atoms with Crippen LogP contribution in [0, 0.1) is 17.3 Å². The third kappa shape index (κ3) is 3.29. The van der Waals surface area contributed by atoms with Crippen LogP contribution in [-0.4, -0.2) is 30.2 Å². The Kier molecular flexibility index (Phi) is 4.06. The first-order valence-electron chi connectivity index (χ1n) is 9.72. The molecule has 2 atom stereocenters. The normalized spacial score (nSPS) is 35.6. The minimum absolute atomic E-state index is 0.0285. The van der Waals surface area contributed by atoms with E-state index in [2.05, 4.69) is 30.3 Å². The van der Waals surface area contributed by atoms with E-state index in [1.807, 2.05) is 18.2 Å². The summed E-state index contributed by atoms with van der Waals surface area (Å²) >= 11 is 0. The SMILES string of the molecule is CCN(C)c1cccc(NC(=O)CC23C[C@H]4C[C@@H](CC(O)(C4)C2)C3)c1. The lowest BCUT2D eigenvalue weighted by atomic mass is 9.47. The molecular formula is C21H30N2O2. The lowest BCUT2D eigenvalue weighted by Crippen LogP contribution is -2.56. The summed E-state index contributed by atoms with van der Waals surface area (Å²) in [6.07, 6.45) is 6.79. The van der Waals surface area contributed by atoms with Crippen molar-refractivity contribution < 1.29 is 9.90 Å². The number of anilines is 2. The second-order valence-corrected chi connectivity index (χ2v) is 8.97. The number of amides is 1. The summed E-state index contributed by atoms with van der Waals surface area (Å²) in [5.74, 6) is 1.35. The Labute approximate surface area is 150 Å². The van der Waals surface area contributed by atoms with Gasteiger partial charge in [0.25, 0.3) is 0 Å². The van der Waals surface area contributed by atoms with Crippen molar-refractivity contribution in [3.63, 3.8) is 0 Å². The maximum absolute atomic E-state index is 12.7. The lowest BCUT2D eigenvalue weighted by Gasteiger charge is -2.60. The van der Waals surface area contributed by atoms with Crippen molar-refractivity contribution in [2.24, 2.45) is 17.3 Å². The Morgan fingerprint density at radius 2 is 2.00 bits per heavy atom. The van der Waals surface area contributed by atoms with Crippen LogP contribution in [0.5, 0.6) is 0 Å². The molecule has 4 saturated carbocycles. The quantitative estimate of drug-likeness (QED) is 0.856. The molecule has 2 N–H and O–H groups in total. The molecule has 0 aliphatic heterocycles. The van der Waals surface area contributed by atoms with Gasteiger partial charge >= 0.3 is 0 Å². The van der Waals surface area contributed by atoms with Gasteiger partial charge in [0, 0.05) is 31.4 Å². The highest BCUT2D eigenvalue weighted by molar-refractivity contribution is 5.91. The van der Waals surface area contributed by atoms with E-state index in [9.17, 15) is 9.90 Å². The smallest absolute Gasteiger partial charge is 0.224 e. The Hall–Kier alpha value is -1.55. The minimum atomic E-state index is -0.492. The first kappa shape index (κ1) is 16.9. The van der Waals surface area contributed by atoms with Crippen molar-refractivity contribution in [1.29, 1.82) is 0 Å². The standard InChI is InChI=1S/C21H30N2O2/c1-3-23(2)18-6-4-5-17(8-18)22-19(24)13-20-9-15-7-16(10-20)12-21(25,11-15)14-20/h4-6,8,15-16,25H,3,7,9-14H2,1-2H3,(H,22,24)/t15-,16-,20?,21?/m1/s1. The van der Waals surface area contributed by atoms with Crippen LogP contribution in [0.3, 0.4) is 0 Å². The van der Waals surface area contributed by atoms with Gasteiger partial charge in [-0.05, 0) is 80.9 Å². The van der Waals surface area contributed by atoms with Crippen LogP contribution in [0.25, 0.3) is 0 Å². The van der Waals surface area contributed by atoms with Crippen molar-refractivity contribution in [2.75, 3.05) is 23.8 Å². The number of nitrogens with one attached hydrogen (secondary N) is 1. The third-order valence-corrected chi connectivity index (χ3v) is 6.73. The summed E-state index contributed by atoms with van der Waals surface area (Å²) in [6, 6.07) is 8.05. The van der Waals surface area contributed by atoms with Gasteiger partial charge in [-0.3, -0.25) is 4.79 Å². The van der Waals surface area contributed by atoms with E-state index in [0.717, 1.165) is 50.0 Å². The second-order valence-electron chi connectivity index (χ2n) is 8.97. The highest BCUT2D eigenvalue weighted by Gasteiger charge is 2.57. The summed E-state index contributed by atoms with van der Waals surface area (Å²) in [7, 11) is 2.05. The zero-order valence-corrected chi connectivity index (χ0v) is 15.4. The van der Waals surface area contributed by atoms with Gasteiger partial charge in [-0.15, -0.1) is 0 Å². The van der Waals surface area contributed by atoms with E-state index >= 15 is 0 Å². The van der Waals surface area contributed by atoms with Crippen molar-refractivity contribution in [1.82, 2.24) is 0 Å². The maximum atomic E-state index is 12.7. The molecule has 5 rings (SSSR count). The zero-order valence-electron chi connectivity index (χ0n) is 15.4. The fourth-order valence-electron chi connectivity index (χ4n) is 6.16. The number of hydrogen-bond donors (Lipinski definition) is 2. The van der Waals surface area contributed by atoms with Crippen LogP contribution >= 0.6 is 0 Å². The van der Waals surface area contributed by atoms with Crippen LogP contribution < -0.4 is 10.2 Å². The lowest BCUT2D eigenvalue weighted by molar-refractivity contribution is -0.167. The van der Waals surface area contributed by atoms with Crippen LogP contribution in [-0.2, 0) is 4.79 Å². The van der Waals surface area contributed by atoms with Gasteiger partial charge in [0.1, 0.15) is 0 Å². The largest absolute Gasteiger partial charge is 0.390 e. The summed E-state index contributed by atoms with van der Waals surface area (Å²) in [5.41, 5.74) is 1.52. The summed E-state index contributed by atoms with van der Waals surface area (Å²) < 4.78 is 0. The van der Waals surface area contributed by atoms with E-state index in [-0.39, 0.29) is 11.3 Å². The highest BCUT2D eigenvalue weighted by Crippen LogP contribution is 2.62. The van der Waals surface area contributed by atoms with Crippen LogP contribution in [0.2, 0.25) is 0 Å². The van der Waals surface area contributed by atoms with Crippen molar-refractivity contribution >= 4 is 17.3 Å². The van der Waals surface area contributed by atoms with E-state index in [1.54, 1.807) is 0 Å². The predicted octanol–water partition coefficient (Wildman–Crippen LogP) is 3.80. The van der Waals surface area contributed by atoms with Gasteiger partial charge < -0.3 is 15.3 Å². The fraction of sp³-hybridized carbons (Fsp3) is 0.667. The molecule has 0 aromatic heterocycles. The molecule has 25 heavy (non-hydrogen) atoms. The van der Waals surface area contributed by atoms with Gasteiger partial charge in [-0.1, -0.05) is 6.07 Å². The Morgan fingerprint density at radius 3 is 2.64 bits per heavy atom. The van der Waals surface area contributed by atoms with Gasteiger partial charge in [0.15, 0.2) is 0 Å². The molecule has 0 unspecified atom stereocenters. The van der Waals surface area contributed by atoms with Gasteiger partial charge in [0.05, 0.1) is 5.60 Å². The molecule has 0 saturated heterocycles. The summed E-state index contributed by atoms with van der Waals surface area (Å²) in [4.78, 5) is 14.9. The Balaban J connectivity index is 1.44. The zero-order chi connectivity index (χ0) is 17.7. The molecule has 4 heteroatoms.